The molecule has 1 saturated heterocycles. The molecule has 2 fully saturated rings. The maximum Gasteiger partial charge on any atom is 0.314 e. The van der Waals surface area contributed by atoms with Crippen LogP contribution in [0.3, 0.4) is 0 Å². The van der Waals surface area contributed by atoms with E-state index < -0.39 is 10.6 Å². The van der Waals surface area contributed by atoms with Crippen LogP contribution in [0.15, 0.2) is 30.3 Å². The van der Waals surface area contributed by atoms with Crippen LogP contribution in [0.1, 0.15) is 37.7 Å². The van der Waals surface area contributed by atoms with Gasteiger partial charge in [-0.25, -0.2) is 4.79 Å². The predicted octanol–water partition coefficient (Wildman–Crippen LogP) is 3.10. The van der Waals surface area contributed by atoms with E-state index in [9.17, 15) is 14.8 Å². The van der Waals surface area contributed by atoms with Gasteiger partial charge in [0.1, 0.15) is 6.29 Å². The number of nitrogens with zero attached hydrogens (tertiary/aromatic N) is 1. The van der Waals surface area contributed by atoms with E-state index in [1.807, 2.05) is 30.3 Å². The molecule has 1 aliphatic heterocycles. The lowest BCUT2D eigenvalue weighted by molar-refractivity contribution is -0.794. The van der Waals surface area contributed by atoms with Crippen LogP contribution in [0.5, 0.6) is 0 Å². The van der Waals surface area contributed by atoms with Gasteiger partial charge in [0.05, 0.1) is 19.5 Å². The Bertz CT molecular complexity index is 543. The molecule has 1 heterocycles. The molecule has 1 aromatic carbocycles. The van der Waals surface area contributed by atoms with E-state index in [1.165, 1.54) is 12.8 Å². The van der Waals surface area contributed by atoms with Crippen molar-refractivity contribution in [3.05, 3.63) is 41.1 Å². The minimum atomic E-state index is -0.700. The van der Waals surface area contributed by atoms with E-state index >= 15 is 0 Å². The Morgan fingerprint density at radius 2 is 1.78 bits per heavy atom. The summed E-state index contributed by atoms with van der Waals surface area (Å²) < 4.78 is -0.700. The summed E-state index contributed by atoms with van der Waals surface area (Å²) in [5, 5.41) is 12.9. The van der Waals surface area contributed by atoms with Crippen molar-refractivity contribution in [3.63, 3.8) is 0 Å². The molecule has 0 bridgehead atoms. The number of carbonyl (C=O) groups is 2. The Labute approximate surface area is 137 Å². The topological polar surface area (TPSA) is 57.2 Å². The van der Waals surface area contributed by atoms with Crippen molar-refractivity contribution in [2.75, 3.05) is 13.1 Å². The Hall–Kier alpha value is -1.52. The lowest BCUT2D eigenvalue weighted by Gasteiger charge is -2.36. The zero-order valence-corrected chi connectivity index (χ0v) is 13.5. The van der Waals surface area contributed by atoms with Crippen molar-refractivity contribution >= 4 is 12.2 Å². The van der Waals surface area contributed by atoms with Crippen LogP contribution in [0.2, 0.25) is 0 Å². The molecule has 1 unspecified atom stereocenters. The number of fused-ring (bicyclic) bond motifs is 1. The number of quaternary nitrogens is 1. The highest BCUT2D eigenvalue weighted by molar-refractivity contribution is 5.74. The number of likely N-dealkylation sites (tertiary alicyclic amines) is 1. The highest BCUT2D eigenvalue weighted by Crippen LogP contribution is 2.40. The summed E-state index contributed by atoms with van der Waals surface area (Å²) >= 11 is 0. The summed E-state index contributed by atoms with van der Waals surface area (Å²) in [5.41, 5.74) is 1.03. The first-order chi connectivity index (χ1) is 11.1. The highest BCUT2D eigenvalue weighted by Gasteiger charge is 2.45. The molecule has 1 saturated carbocycles. The second-order valence-corrected chi connectivity index (χ2v) is 7.24. The molecule has 1 aliphatic carbocycles. The number of amides is 1. The first kappa shape index (κ1) is 16.3. The normalized spacial score (nSPS) is 31.3. The number of hydrogen-bond donors (Lipinski definition) is 0. The largest absolute Gasteiger partial charge is 0.625 e. The first-order valence-electron chi connectivity index (χ1n) is 8.71. The van der Waals surface area contributed by atoms with E-state index in [-0.39, 0.29) is 12.3 Å². The second-order valence-electron chi connectivity index (χ2n) is 7.24. The van der Waals surface area contributed by atoms with Gasteiger partial charge in [0.2, 0.25) is 0 Å². The second kappa shape index (κ2) is 6.93. The van der Waals surface area contributed by atoms with Gasteiger partial charge in [-0.1, -0.05) is 43.2 Å². The van der Waals surface area contributed by atoms with Crippen LogP contribution in [0.25, 0.3) is 0 Å². The summed E-state index contributed by atoms with van der Waals surface area (Å²) in [6.07, 6.45) is 5.97. The molecule has 4 heteroatoms. The Balaban J connectivity index is 1.62. The molecule has 4 atom stereocenters. The fourth-order valence-electron chi connectivity index (χ4n) is 4.28. The zero-order valence-electron chi connectivity index (χ0n) is 13.5. The van der Waals surface area contributed by atoms with Crippen molar-refractivity contribution in [2.24, 2.45) is 17.8 Å². The monoisotopic (exact) mass is 315 g/mol. The average molecular weight is 315 g/mol. The Morgan fingerprint density at radius 1 is 1.17 bits per heavy atom. The van der Waals surface area contributed by atoms with Crippen LogP contribution in [0.4, 0.5) is 0 Å². The van der Waals surface area contributed by atoms with Gasteiger partial charge in [-0.3, -0.25) is 4.65 Å². The Morgan fingerprint density at radius 3 is 2.35 bits per heavy atom. The number of hydrogen-bond acceptors (Lipinski definition) is 3. The fourth-order valence-corrected chi connectivity index (χ4v) is 4.28. The minimum Gasteiger partial charge on any atom is -0.625 e. The molecule has 23 heavy (non-hydrogen) atoms. The smallest absolute Gasteiger partial charge is 0.314 e. The lowest BCUT2D eigenvalue weighted by atomic mass is 9.82. The standard InChI is InChI=1S/C19H25NO3/c21-14-16(10-15-6-2-1-3-7-15)11-19(22)20(23)12-17-8-4-5-9-18(17)13-20/h1-3,6-7,14,16-18H,4-5,8-13H2/t16-,17-,18+,20?/m0/s1. The number of aldehydes is 1. The molecule has 1 amide bonds. The summed E-state index contributed by atoms with van der Waals surface area (Å²) in [5.74, 6) is 0.131. The van der Waals surface area contributed by atoms with Crippen LogP contribution in [0, 0.1) is 23.0 Å². The van der Waals surface area contributed by atoms with Crippen molar-refractivity contribution in [1.82, 2.24) is 0 Å². The molecule has 0 radical (unpaired) electrons. The third kappa shape index (κ3) is 3.70. The van der Waals surface area contributed by atoms with Crippen LogP contribution >= 0.6 is 0 Å². The predicted molar refractivity (Wildman–Crippen MR) is 88.1 cm³/mol. The van der Waals surface area contributed by atoms with E-state index in [4.69, 9.17) is 0 Å². The van der Waals surface area contributed by atoms with Gasteiger partial charge in [0.15, 0.2) is 0 Å². The Kier molecular flexibility index (Phi) is 4.93. The van der Waals surface area contributed by atoms with E-state index in [1.54, 1.807) is 0 Å². The molecular formula is C19H25NO3. The molecule has 0 spiro atoms. The molecule has 0 aromatic heterocycles. The molecule has 124 valence electrons. The molecule has 4 nitrogen and oxygen atoms in total. The van der Waals surface area contributed by atoms with E-state index in [0.29, 0.717) is 31.3 Å². The van der Waals surface area contributed by atoms with E-state index in [2.05, 4.69) is 0 Å². The minimum absolute atomic E-state index is 0.0708. The lowest BCUT2D eigenvalue weighted by Crippen LogP contribution is -2.46. The van der Waals surface area contributed by atoms with Crippen LogP contribution < -0.4 is 0 Å². The van der Waals surface area contributed by atoms with Crippen LogP contribution in [-0.4, -0.2) is 29.9 Å². The fraction of sp³-hybridized carbons (Fsp3) is 0.579. The van der Waals surface area contributed by atoms with Gasteiger partial charge in [0.25, 0.3) is 0 Å². The average Bonchev–Trinajstić information content (AvgIpc) is 2.92. The van der Waals surface area contributed by atoms with Crippen LogP contribution in [-0.2, 0) is 16.0 Å². The van der Waals surface area contributed by atoms with Gasteiger partial charge in [-0.05, 0) is 24.8 Å². The maximum atomic E-state index is 12.9. The third-order valence-corrected chi connectivity index (χ3v) is 5.55. The van der Waals surface area contributed by atoms with Gasteiger partial charge in [-0.2, -0.15) is 0 Å². The molecule has 3 rings (SSSR count). The van der Waals surface area contributed by atoms with Gasteiger partial charge >= 0.3 is 5.91 Å². The number of hydroxylamine groups is 3. The van der Waals surface area contributed by atoms with Gasteiger partial charge in [0, 0.05) is 17.8 Å². The highest BCUT2D eigenvalue weighted by atomic mass is 16.6. The molecular weight excluding hydrogens is 290 g/mol. The van der Waals surface area contributed by atoms with Crippen molar-refractivity contribution in [1.29, 1.82) is 0 Å². The number of rotatable bonds is 5. The summed E-state index contributed by atoms with van der Waals surface area (Å²) in [4.78, 5) is 23.9. The molecule has 2 aliphatic rings. The third-order valence-electron chi connectivity index (χ3n) is 5.55. The maximum absolute atomic E-state index is 12.9. The van der Waals surface area contributed by atoms with Crippen molar-refractivity contribution < 1.29 is 14.2 Å². The van der Waals surface area contributed by atoms with Crippen molar-refractivity contribution in [3.8, 4) is 0 Å². The van der Waals surface area contributed by atoms with Gasteiger partial charge in [-0.15, -0.1) is 0 Å². The molecule has 0 N–H and O–H groups in total. The summed E-state index contributed by atoms with van der Waals surface area (Å²) in [6.45, 7) is 0.862. The number of benzene rings is 1. The summed E-state index contributed by atoms with van der Waals surface area (Å²) in [7, 11) is 0. The SMILES string of the molecule is O=C[C@H](CC(=O)[N+]1([O-])C[C@H]2CCCC[C@H]2C1)Cc1ccccc1. The van der Waals surface area contributed by atoms with Gasteiger partial charge < -0.3 is 10.0 Å². The first-order valence-corrected chi connectivity index (χ1v) is 8.71. The van der Waals surface area contributed by atoms with Crippen molar-refractivity contribution in [2.45, 2.75) is 38.5 Å². The van der Waals surface area contributed by atoms with E-state index in [0.717, 1.165) is 24.7 Å². The number of carbonyl (C=O) groups excluding carboxylic acids is 2. The molecule has 1 aromatic rings. The summed E-state index contributed by atoms with van der Waals surface area (Å²) in [6, 6.07) is 9.67. The zero-order chi connectivity index (χ0) is 16.3. The quantitative estimate of drug-likeness (QED) is 0.476.